The van der Waals surface area contributed by atoms with Crippen LogP contribution in [0.1, 0.15) is 5.56 Å². The zero-order valence-electron chi connectivity index (χ0n) is 20.1. The zero-order chi connectivity index (χ0) is 24.8. The molecule has 0 fully saturated rings. The van der Waals surface area contributed by atoms with Gasteiger partial charge < -0.3 is 4.90 Å². The number of nitriles is 1. The number of nitrogens with zero attached hydrogens (tertiary/aromatic N) is 2. The van der Waals surface area contributed by atoms with Crippen molar-refractivity contribution in [1.29, 1.82) is 5.26 Å². The third-order valence-electron chi connectivity index (χ3n) is 7.25. The summed E-state index contributed by atoms with van der Waals surface area (Å²) < 4.78 is 0. The number of anilines is 3. The molecule has 0 unspecified atom stereocenters. The molecule has 37 heavy (non-hydrogen) atoms. The first-order valence-corrected chi connectivity index (χ1v) is 12.4. The first-order chi connectivity index (χ1) is 18.3. The van der Waals surface area contributed by atoms with Crippen LogP contribution in [0, 0.1) is 11.3 Å². The summed E-state index contributed by atoms with van der Waals surface area (Å²) in [5.74, 6) is 0. The molecule has 0 aliphatic heterocycles. The third-order valence-corrected chi connectivity index (χ3v) is 7.25. The maximum Gasteiger partial charge on any atom is 0.0991 e. The molecule has 6 aromatic carbocycles. The number of fused-ring (bicyclic) bond motifs is 3. The van der Waals surface area contributed by atoms with Crippen LogP contribution in [0.5, 0.6) is 0 Å². The van der Waals surface area contributed by atoms with Gasteiger partial charge in [-0.1, -0.05) is 84.9 Å². The largest absolute Gasteiger partial charge is 0.311 e. The molecule has 0 spiro atoms. The summed E-state index contributed by atoms with van der Waals surface area (Å²) in [4.78, 5) is 2.22. The van der Waals surface area contributed by atoms with Gasteiger partial charge in [0.05, 0.1) is 11.6 Å². The van der Waals surface area contributed by atoms with Crippen LogP contribution >= 0.6 is 0 Å². The predicted octanol–water partition coefficient (Wildman–Crippen LogP) is 9.50. The van der Waals surface area contributed by atoms with Crippen molar-refractivity contribution in [2.75, 3.05) is 4.90 Å². The Hall–Kier alpha value is -5.13. The number of rotatable bonds is 4. The van der Waals surface area contributed by atoms with Crippen LogP contribution in [-0.2, 0) is 0 Å². The van der Waals surface area contributed by atoms with E-state index < -0.39 is 0 Å². The van der Waals surface area contributed by atoms with Gasteiger partial charge in [0.2, 0.25) is 0 Å². The summed E-state index contributed by atoms with van der Waals surface area (Å²) in [5, 5.41) is 11.9. The predicted molar refractivity (Wildman–Crippen MR) is 153 cm³/mol. The normalized spacial score (nSPS) is 11.2. The van der Waals surface area contributed by atoms with Crippen LogP contribution in [0.2, 0.25) is 0 Å². The number of hydrogen-bond donors (Lipinski definition) is 0. The van der Waals surface area contributed by atoms with Gasteiger partial charge in [-0.05, 0) is 92.7 Å². The second-order valence-corrected chi connectivity index (χ2v) is 9.31. The molecular formula is C35H22N2. The van der Waals surface area contributed by atoms with E-state index in [2.05, 4.69) is 102 Å². The molecule has 172 valence electrons. The molecule has 2 nitrogen and oxygen atoms in total. The van der Waals surface area contributed by atoms with Crippen molar-refractivity contribution >= 4 is 27.8 Å². The van der Waals surface area contributed by atoms with Gasteiger partial charge in [-0.25, -0.2) is 0 Å². The van der Waals surface area contributed by atoms with Crippen molar-refractivity contribution in [3.8, 4) is 39.4 Å². The molecule has 0 heterocycles. The van der Waals surface area contributed by atoms with Gasteiger partial charge in [0.25, 0.3) is 0 Å². The molecule has 2 heteroatoms. The molecule has 0 bridgehead atoms. The summed E-state index contributed by atoms with van der Waals surface area (Å²) in [6.45, 7) is 0. The molecule has 0 atom stereocenters. The lowest BCUT2D eigenvalue weighted by atomic mass is 9.94. The highest BCUT2D eigenvalue weighted by atomic mass is 15.1. The van der Waals surface area contributed by atoms with Crippen molar-refractivity contribution in [1.82, 2.24) is 0 Å². The SMILES string of the molecule is N#Cc1ccc(N(c2ccccc2)c2ccc(-c3ccc4c5c(cccc35)-c3ccccc3-4)cc2)cc1. The number of para-hydroxylation sites is 1. The minimum atomic E-state index is 0.654. The molecule has 0 saturated carbocycles. The van der Waals surface area contributed by atoms with Gasteiger partial charge in [0, 0.05) is 17.1 Å². The van der Waals surface area contributed by atoms with E-state index in [1.54, 1.807) is 0 Å². The molecule has 0 saturated heterocycles. The van der Waals surface area contributed by atoms with Gasteiger partial charge in [0.1, 0.15) is 0 Å². The Morgan fingerprint density at radius 3 is 1.65 bits per heavy atom. The third kappa shape index (κ3) is 3.41. The highest BCUT2D eigenvalue weighted by Gasteiger charge is 2.22. The van der Waals surface area contributed by atoms with E-state index in [9.17, 15) is 5.26 Å². The summed E-state index contributed by atoms with van der Waals surface area (Å²) >= 11 is 0. The Morgan fingerprint density at radius 1 is 0.432 bits per heavy atom. The fraction of sp³-hybridized carbons (Fsp3) is 0. The Bertz CT molecular complexity index is 1780. The van der Waals surface area contributed by atoms with Crippen molar-refractivity contribution < 1.29 is 0 Å². The quantitative estimate of drug-likeness (QED) is 0.256. The Labute approximate surface area is 216 Å². The van der Waals surface area contributed by atoms with Crippen LogP contribution in [0.25, 0.3) is 44.2 Å². The lowest BCUT2D eigenvalue weighted by Gasteiger charge is -2.25. The van der Waals surface area contributed by atoms with Crippen LogP contribution in [0.3, 0.4) is 0 Å². The van der Waals surface area contributed by atoms with Crippen LogP contribution in [-0.4, -0.2) is 0 Å². The summed E-state index contributed by atoms with van der Waals surface area (Å²) in [6.07, 6.45) is 0. The van der Waals surface area contributed by atoms with Gasteiger partial charge >= 0.3 is 0 Å². The maximum atomic E-state index is 9.24. The Morgan fingerprint density at radius 2 is 0.973 bits per heavy atom. The molecule has 0 aromatic heterocycles. The Kier molecular flexibility index (Phi) is 4.87. The van der Waals surface area contributed by atoms with Gasteiger partial charge in [0.15, 0.2) is 0 Å². The average molecular weight is 471 g/mol. The molecule has 7 rings (SSSR count). The highest BCUT2D eigenvalue weighted by molar-refractivity contribution is 6.18. The van der Waals surface area contributed by atoms with E-state index in [4.69, 9.17) is 0 Å². The lowest BCUT2D eigenvalue weighted by Crippen LogP contribution is -2.09. The standard InChI is InChI=1S/C35H22N2/c36-23-24-13-17-27(18-14-24)37(26-7-2-1-3-8-26)28-19-15-25(16-20-28)29-21-22-34-31-10-5-4-9-30(31)33-12-6-11-32(29)35(33)34/h1-22H. The van der Waals surface area contributed by atoms with E-state index in [1.165, 1.54) is 44.2 Å². The molecule has 6 aromatic rings. The van der Waals surface area contributed by atoms with E-state index >= 15 is 0 Å². The van der Waals surface area contributed by atoms with Crippen molar-refractivity contribution in [2.45, 2.75) is 0 Å². The van der Waals surface area contributed by atoms with Crippen molar-refractivity contribution in [3.05, 3.63) is 139 Å². The topological polar surface area (TPSA) is 27.0 Å². The lowest BCUT2D eigenvalue weighted by molar-refractivity contribution is 1.28. The summed E-state index contributed by atoms with van der Waals surface area (Å²) in [5.41, 5.74) is 11.5. The van der Waals surface area contributed by atoms with Crippen LogP contribution < -0.4 is 4.90 Å². The minimum Gasteiger partial charge on any atom is -0.311 e. The maximum absolute atomic E-state index is 9.24. The van der Waals surface area contributed by atoms with Crippen LogP contribution in [0.4, 0.5) is 17.1 Å². The summed E-state index contributed by atoms with van der Waals surface area (Å²) in [6, 6.07) is 48.9. The smallest absolute Gasteiger partial charge is 0.0991 e. The van der Waals surface area contributed by atoms with Crippen molar-refractivity contribution in [3.63, 3.8) is 0 Å². The van der Waals surface area contributed by atoms with E-state index in [-0.39, 0.29) is 0 Å². The van der Waals surface area contributed by atoms with Gasteiger partial charge in [-0.3, -0.25) is 0 Å². The fourth-order valence-corrected chi connectivity index (χ4v) is 5.56. The first-order valence-electron chi connectivity index (χ1n) is 12.4. The minimum absolute atomic E-state index is 0.654. The molecule has 0 amide bonds. The highest BCUT2D eigenvalue weighted by Crippen LogP contribution is 2.49. The van der Waals surface area contributed by atoms with E-state index in [1.807, 2.05) is 42.5 Å². The second-order valence-electron chi connectivity index (χ2n) is 9.31. The first kappa shape index (κ1) is 21.2. The van der Waals surface area contributed by atoms with E-state index in [0.29, 0.717) is 5.56 Å². The number of hydrogen-bond acceptors (Lipinski definition) is 2. The second kappa shape index (κ2) is 8.52. The molecule has 0 N–H and O–H groups in total. The van der Waals surface area contributed by atoms with Crippen LogP contribution in [0.15, 0.2) is 133 Å². The summed E-state index contributed by atoms with van der Waals surface area (Å²) in [7, 11) is 0. The van der Waals surface area contributed by atoms with Crippen molar-refractivity contribution in [2.24, 2.45) is 0 Å². The van der Waals surface area contributed by atoms with Gasteiger partial charge in [-0.15, -0.1) is 0 Å². The molecular weight excluding hydrogens is 448 g/mol. The molecule has 1 aliphatic rings. The number of benzene rings is 6. The molecule has 0 radical (unpaired) electrons. The average Bonchev–Trinajstić information content (AvgIpc) is 3.30. The Balaban J connectivity index is 1.33. The van der Waals surface area contributed by atoms with Gasteiger partial charge in [-0.2, -0.15) is 5.26 Å². The zero-order valence-corrected chi connectivity index (χ0v) is 20.1. The van der Waals surface area contributed by atoms with E-state index in [0.717, 1.165) is 17.1 Å². The monoisotopic (exact) mass is 470 g/mol. The fourth-order valence-electron chi connectivity index (χ4n) is 5.56. The molecule has 1 aliphatic carbocycles.